The standard InChI is InChI=1S/C16H10N4O3S/c17-14(21)15-20-11-4-2-9(6-13(11)24-15)23-16(22)8-1-3-10-12(5-8)19-7-18-10/h1-7H,(H2,17,21)(H,18,19). The molecule has 4 rings (SSSR count). The van der Waals surface area contributed by atoms with Crippen molar-refractivity contribution in [2.24, 2.45) is 5.73 Å². The monoisotopic (exact) mass is 338 g/mol. The Morgan fingerprint density at radius 2 is 1.96 bits per heavy atom. The number of hydrogen-bond acceptors (Lipinski definition) is 6. The van der Waals surface area contributed by atoms with Crippen LogP contribution < -0.4 is 10.5 Å². The number of nitrogens with one attached hydrogen (secondary N) is 1. The number of carbonyl (C=O) groups is 2. The fraction of sp³-hybridized carbons (Fsp3) is 0. The molecule has 2 heterocycles. The quantitative estimate of drug-likeness (QED) is 0.440. The number of thiazole rings is 1. The van der Waals surface area contributed by atoms with E-state index >= 15 is 0 Å². The van der Waals surface area contributed by atoms with Crippen molar-refractivity contribution in [3.8, 4) is 5.75 Å². The van der Waals surface area contributed by atoms with Crippen LogP contribution in [-0.4, -0.2) is 26.8 Å². The number of ether oxygens (including phenoxy) is 1. The van der Waals surface area contributed by atoms with Crippen LogP contribution in [0, 0.1) is 0 Å². The molecule has 8 heteroatoms. The van der Waals surface area contributed by atoms with E-state index in [2.05, 4.69) is 15.0 Å². The fourth-order valence-electron chi connectivity index (χ4n) is 2.30. The Balaban J connectivity index is 1.62. The van der Waals surface area contributed by atoms with Gasteiger partial charge >= 0.3 is 5.97 Å². The van der Waals surface area contributed by atoms with Crippen molar-refractivity contribution >= 4 is 44.5 Å². The number of benzene rings is 2. The number of imidazole rings is 1. The Labute approximate surface area is 139 Å². The number of amides is 1. The van der Waals surface area contributed by atoms with Gasteiger partial charge in [-0.15, -0.1) is 11.3 Å². The van der Waals surface area contributed by atoms with E-state index in [4.69, 9.17) is 10.5 Å². The Morgan fingerprint density at radius 3 is 2.79 bits per heavy atom. The Bertz CT molecular complexity index is 1100. The van der Waals surface area contributed by atoms with Gasteiger partial charge in [-0.2, -0.15) is 0 Å². The number of nitrogens with zero attached hydrogens (tertiary/aromatic N) is 2. The summed E-state index contributed by atoms with van der Waals surface area (Å²) in [4.78, 5) is 34.6. The molecule has 4 aromatic rings. The summed E-state index contributed by atoms with van der Waals surface area (Å²) in [5.41, 5.74) is 7.80. The first-order valence-corrected chi connectivity index (χ1v) is 7.77. The van der Waals surface area contributed by atoms with E-state index in [-0.39, 0.29) is 5.01 Å². The van der Waals surface area contributed by atoms with Gasteiger partial charge in [-0.1, -0.05) is 0 Å². The Kier molecular flexibility index (Phi) is 3.24. The average Bonchev–Trinajstić information content (AvgIpc) is 3.20. The number of aromatic nitrogens is 3. The van der Waals surface area contributed by atoms with Crippen molar-refractivity contribution in [3.63, 3.8) is 0 Å². The summed E-state index contributed by atoms with van der Waals surface area (Å²) in [5.74, 6) is -0.690. The van der Waals surface area contributed by atoms with E-state index < -0.39 is 11.9 Å². The molecule has 0 saturated carbocycles. The highest BCUT2D eigenvalue weighted by Gasteiger charge is 2.13. The summed E-state index contributed by atoms with van der Waals surface area (Å²) in [6, 6.07) is 10.0. The van der Waals surface area contributed by atoms with Crippen molar-refractivity contribution in [2.75, 3.05) is 0 Å². The van der Waals surface area contributed by atoms with Crippen LogP contribution >= 0.6 is 11.3 Å². The second-order valence-electron chi connectivity index (χ2n) is 5.04. The highest BCUT2D eigenvalue weighted by Crippen LogP contribution is 2.27. The first-order chi connectivity index (χ1) is 11.6. The van der Waals surface area contributed by atoms with Gasteiger partial charge in [0.1, 0.15) is 5.75 Å². The van der Waals surface area contributed by atoms with Crippen LogP contribution in [0.1, 0.15) is 20.2 Å². The Morgan fingerprint density at radius 1 is 1.12 bits per heavy atom. The molecular formula is C16H10N4O3S. The summed E-state index contributed by atoms with van der Waals surface area (Å²) in [7, 11) is 0. The van der Waals surface area contributed by atoms with Crippen LogP contribution in [-0.2, 0) is 0 Å². The predicted octanol–water partition coefficient (Wildman–Crippen LogP) is 2.49. The molecule has 0 fully saturated rings. The minimum atomic E-state index is -0.581. The number of nitrogens with two attached hydrogens (primary N) is 1. The van der Waals surface area contributed by atoms with Gasteiger partial charge in [0.25, 0.3) is 5.91 Å². The third-order valence-electron chi connectivity index (χ3n) is 3.44. The molecule has 0 aliphatic carbocycles. The highest BCUT2D eigenvalue weighted by atomic mass is 32.1. The van der Waals surface area contributed by atoms with Crippen molar-refractivity contribution in [3.05, 3.63) is 53.3 Å². The molecule has 0 aliphatic rings. The van der Waals surface area contributed by atoms with E-state index in [1.807, 2.05) is 0 Å². The Hall–Kier alpha value is -3.26. The average molecular weight is 338 g/mol. The molecule has 3 N–H and O–H groups in total. The maximum atomic E-state index is 12.3. The van der Waals surface area contributed by atoms with Crippen molar-refractivity contribution in [2.45, 2.75) is 0 Å². The number of fused-ring (bicyclic) bond motifs is 2. The van der Waals surface area contributed by atoms with Gasteiger partial charge in [0.15, 0.2) is 5.01 Å². The van der Waals surface area contributed by atoms with E-state index in [0.717, 1.165) is 27.1 Å². The highest BCUT2D eigenvalue weighted by molar-refractivity contribution is 7.20. The number of esters is 1. The normalized spacial score (nSPS) is 11.0. The van der Waals surface area contributed by atoms with Crippen molar-refractivity contribution in [1.29, 1.82) is 0 Å². The third-order valence-corrected chi connectivity index (χ3v) is 4.47. The number of aromatic amines is 1. The molecule has 0 radical (unpaired) electrons. The van der Waals surface area contributed by atoms with Crippen molar-refractivity contribution < 1.29 is 14.3 Å². The van der Waals surface area contributed by atoms with E-state index in [0.29, 0.717) is 16.8 Å². The van der Waals surface area contributed by atoms with Gasteiger partial charge in [0, 0.05) is 6.07 Å². The molecular weight excluding hydrogens is 328 g/mol. The summed E-state index contributed by atoms with van der Waals surface area (Å²) in [6.07, 6.45) is 1.56. The maximum absolute atomic E-state index is 12.3. The number of rotatable bonds is 3. The first-order valence-electron chi connectivity index (χ1n) is 6.96. The lowest BCUT2D eigenvalue weighted by Crippen LogP contribution is -2.09. The third kappa shape index (κ3) is 2.48. The van der Waals surface area contributed by atoms with E-state index in [9.17, 15) is 9.59 Å². The van der Waals surface area contributed by atoms with E-state index in [1.54, 1.807) is 42.7 Å². The summed E-state index contributed by atoms with van der Waals surface area (Å²) >= 11 is 1.16. The smallest absolute Gasteiger partial charge is 0.343 e. The molecule has 2 aromatic carbocycles. The predicted molar refractivity (Wildman–Crippen MR) is 89.2 cm³/mol. The van der Waals surface area contributed by atoms with Crippen LogP contribution in [0.5, 0.6) is 5.75 Å². The first kappa shape index (κ1) is 14.3. The molecule has 118 valence electrons. The van der Waals surface area contributed by atoms with Gasteiger partial charge in [-0.25, -0.2) is 14.8 Å². The lowest BCUT2D eigenvalue weighted by Gasteiger charge is -2.04. The minimum absolute atomic E-state index is 0.221. The fourth-order valence-corrected chi connectivity index (χ4v) is 3.15. The molecule has 7 nitrogen and oxygen atoms in total. The zero-order chi connectivity index (χ0) is 16.7. The lowest BCUT2D eigenvalue weighted by atomic mass is 10.2. The maximum Gasteiger partial charge on any atom is 0.343 e. The van der Waals surface area contributed by atoms with Crippen LogP contribution in [0.4, 0.5) is 0 Å². The van der Waals surface area contributed by atoms with Gasteiger partial charge in [-0.05, 0) is 30.3 Å². The molecule has 0 unspecified atom stereocenters. The van der Waals surface area contributed by atoms with Crippen LogP contribution in [0.2, 0.25) is 0 Å². The van der Waals surface area contributed by atoms with Crippen molar-refractivity contribution in [1.82, 2.24) is 15.0 Å². The second kappa shape index (κ2) is 5.43. The number of H-pyrrole nitrogens is 1. The zero-order valence-electron chi connectivity index (χ0n) is 12.1. The molecule has 2 aromatic heterocycles. The lowest BCUT2D eigenvalue weighted by molar-refractivity contribution is 0.0735. The second-order valence-corrected chi connectivity index (χ2v) is 6.07. The molecule has 0 aliphatic heterocycles. The summed E-state index contributed by atoms with van der Waals surface area (Å²) in [6.45, 7) is 0. The zero-order valence-corrected chi connectivity index (χ0v) is 13.0. The summed E-state index contributed by atoms with van der Waals surface area (Å²) in [5, 5.41) is 0.221. The van der Waals surface area contributed by atoms with Gasteiger partial charge in [0.05, 0.1) is 33.1 Å². The van der Waals surface area contributed by atoms with E-state index in [1.165, 1.54) is 0 Å². The molecule has 0 bridgehead atoms. The van der Waals surface area contributed by atoms with Gasteiger partial charge in [-0.3, -0.25) is 4.79 Å². The largest absolute Gasteiger partial charge is 0.423 e. The number of primary amides is 1. The van der Waals surface area contributed by atoms with Crippen LogP contribution in [0.15, 0.2) is 42.7 Å². The topological polar surface area (TPSA) is 111 Å². The number of hydrogen-bond donors (Lipinski definition) is 2. The minimum Gasteiger partial charge on any atom is -0.423 e. The summed E-state index contributed by atoms with van der Waals surface area (Å²) < 4.78 is 6.11. The molecule has 0 atom stereocenters. The van der Waals surface area contributed by atoms with Crippen LogP contribution in [0.25, 0.3) is 21.3 Å². The molecule has 24 heavy (non-hydrogen) atoms. The SMILES string of the molecule is NC(=O)c1nc2ccc(OC(=O)c3ccc4nc[nH]c4c3)cc2s1. The molecule has 1 amide bonds. The van der Waals surface area contributed by atoms with Gasteiger partial charge < -0.3 is 15.5 Å². The molecule has 0 spiro atoms. The number of carbonyl (C=O) groups excluding carboxylic acids is 2. The van der Waals surface area contributed by atoms with Gasteiger partial charge in [0.2, 0.25) is 0 Å². The van der Waals surface area contributed by atoms with Crippen LogP contribution in [0.3, 0.4) is 0 Å². The molecule has 0 saturated heterocycles.